The molecule has 0 aliphatic carbocycles. The average molecular weight is 340 g/mol. The number of unbranched alkanes of at least 4 members (excludes halogenated alkanes) is 2. The Balaban J connectivity index is 4.35. The first-order valence-electron chi connectivity index (χ1n) is 8.58. The molecule has 0 rings (SSSR count). The number of hydrogen-bond donors (Lipinski definition) is 0. The van der Waals surface area contributed by atoms with Gasteiger partial charge in [-0.1, -0.05) is 51.0 Å². The molecule has 0 aliphatic heterocycles. The third-order valence-electron chi connectivity index (χ3n) is 3.46. The van der Waals surface area contributed by atoms with Gasteiger partial charge in [-0.2, -0.15) is 0 Å². The summed E-state index contributed by atoms with van der Waals surface area (Å²) in [6.07, 6.45) is 10.9. The number of methoxy groups -OCH3 is 2. The first-order chi connectivity index (χ1) is 11.6. The fourth-order valence-electron chi connectivity index (χ4n) is 2.00. The van der Waals surface area contributed by atoms with Gasteiger partial charge < -0.3 is 19.3 Å². The van der Waals surface area contributed by atoms with E-state index in [0.717, 1.165) is 25.7 Å². The second-order valence-corrected chi connectivity index (χ2v) is 5.40. The summed E-state index contributed by atoms with van der Waals surface area (Å²) in [6, 6.07) is 0. The lowest BCUT2D eigenvalue weighted by Gasteiger charge is -2.19. The van der Waals surface area contributed by atoms with Gasteiger partial charge >= 0.3 is 12.2 Å². The lowest BCUT2D eigenvalue weighted by molar-refractivity contribution is 0.127. The van der Waals surface area contributed by atoms with Crippen molar-refractivity contribution in [2.75, 3.05) is 40.4 Å². The van der Waals surface area contributed by atoms with Crippen LogP contribution in [0.5, 0.6) is 0 Å². The lowest BCUT2D eigenvalue weighted by atomic mass is 10.3. The number of carbonyl (C=O) groups excluding carboxylic acids is 2. The molecule has 0 aromatic carbocycles. The third-order valence-corrected chi connectivity index (χ3v) is 3.46. The Morgan fingerprint density at radius 1 is 0.792 bits per heavy atom. The summed E-state index contributed by atoms with van der Waals surface area (Å²) < 4.78 is 9.54. The SMILES string of the molecule is CCCCN(CC=CC=CCN(CCCC)C(=O)OC)C(=O)OC. The highest BCUT2D eigenvalue weighted by molar-refractivity contribution is 5.68. The van der Waals surface area contributed by atoms with Gasteiger partial charge in [-0.15, -0.1) is 0 Å². The van der Waals surface area contributed by atoms with Crippen LogP contribution in [0.15, 0.2) is 24.3 Å². The fraction of sp³-hybridized carbons (Fsp3) is 0.667. The summed E-state index contributed by atoms with van der Waals surface area (Å²) in [5.41, 5.74) is 0. The number of rotatable bonds is 11. The normalized spacial score (nSPS) is 11.0. The second-order valence-electron chi connectivity index (χ2n) is 5.40. The van der Waals surface area contributed by atoms with Crippen molar-refractivity contribution in [2.24, 2.45) is 0 Å². The van der Waals surface area contributed by atoms with Crippen LogP contribution in [0.2, 0.25) is 0 Å². The first-order valence-corrected chi connectivity index (χ1v) is 8.58. The number of amides is 2. The van der Waals surface area contributed by atoms with Gasteiger partial charge in [-0.25, -0.2) is 9.59 Å². The molecule has 0 fully saturated rings. The smallest absolute Gasteiger partial charge is 0.409 e. The van der Waals surface area contributed by atoms with Gasteiger partial charge in [0.05, 0.1) is 14.2 Å². The second kappa shape index (κ2) is 14.6. The summed E-state index contributed by atoms with van der Waals surface area (Å²) in [5, 5.41) is 0. The number of carbonyl (C=O) groups is 2. The number of ether oxygens (including phenoxy) is 2. The van der Waals surface area contributed by atoms with Crippen LogP contribution < -0.4 is 0 Å². The Labute approximate surface area is 146 Å². The average Bonchev–Trinajstić information content (AvgIpc) is 2.61. The molecule has 0 N–H and O–H groups in total. The van der Waals surface area contributed by atoms with Crippen LogP contribution >= 0.6 is 0 Å². The van der Waals surface area contributed by atoms with E-state index in [-0.39, 0.29) is 12.2 Å². The lowest BCUT2D eigenvalue weighted by Crippen LogP contribution is -2.32. The Bertz CT molecular complexity index is 370. The van der Waals surface area contributed by atoms with Gasteiger partial charge in [0.2, 0.25) is 0 Å². The molecule has 0 aromatic rings. The topological polar surface area (TPSA) is 59.1 Å². The van der Waals surface area contributed by atoms with E-state index >= 15 is 0 Å². The molecule has 0 bridgehead atoms. The third kappa shape index (κ3) is 9.92. The summed E-state index contributed by atoms with van der Waals surface area (Å²) >= 11 is 0. The summed E-state index contributed by atoms with van der Waals surface area (Å²) in [5.74, 6) is 0. The zero-order valence-corrected chi connectivity index (χ0v) is 15.5. The van der Waals surface area contributed by atoms with Gasteiger partial charge in [0.25, 0.3) is 0 Å². The minimum Gasteiger partial charge on any atom is -0.453 e. The highest BCUT2D eigenvalue weighted by Gasteiger charge is 2.11. The van der Waals surface area contributed by atoms with E-state index in [1.807, 2.05) is 24.3 Å². The number of nitrogens with zero attached hydrogens (tertiary/aromatic N) is 2. The zero-order valence-electron chi connectivity index (χ0n) is 15.5. The Morgan fingerprint density at radius 3 is 1.46 bits per heavy atom. The molecule has 2 amide bonds. The molecule has 0 radical (unpaired) electrons. The molecule has 0 spiro atoms. The molecule has 0 saturated heterocycles. The van der Waals surface area contributed by atoms with E-state index < -0.39 is 0 Å². The van der Waals surface area contributed by atoms with E-state index in [1.165, 1.54) is 14.2 Å². The van der Waals surface area contributed by atoms with E-state index in [4.69, 9.17) is 9.47 Å². The van der Waals surface area contributed by atoms with Crippen molar-refractivity contribution >= 4 is 12.2 Å². The molecule has 6 nitrogen and oxygen atoms in total. The van der Waals surface area contributed by atoms with E-state index in [9.17, 15) is 9.59 Å². The predicted molar refractivity (Wildman–Crippen MR) is 96.1 cm³/mol. The molecule has 6 heteroatoms. The van der Waals surface area contributed by atoms with Crippen LogP contribution in [0.1, 0.15) is 39.5 Å². The van der Waals surface area contributed by atoms with E-state index in [2.05, 4.69) is 13.8 Å². The standard InChI is InChI=1S/C18H32N2O4/c1-5-7-13-19(17(21)23-3)15-11-9-10-12-16-20(14-8-6-2)18(22)24-4/h9-12H,5-8,13-16H2,1-4H3. The van der Waals surface area contributed by atoms with Crippen LogP contribution in [0.4, 0.5) is 9.59 Å². The van der Waals surface area contributed by atoms with Gasteiger partial charge in [0.15, 0.2) is 0 Å². The highest BCUT2D eigenvalue weighted by atomic mass is 16.5. The Morgan fingerprint density at radius 2 is 1.17 bits per heavy atom. The van der Waals surface area contributed by atoms with Crippen LogP contribution in [0.25, 0.3) is 0 Å². The summed E-state index contributed by atoms with van der Waals surface area (Å²) in [7, 11) is 2.78. The molecular weight excluding hydrogens is 308 g/mol. The van der Waals surface area contributed by atoms with Crippen LogP contribution in [0, 0.1) is 0 Å². The van der Waals surface area contributed by atoms with Gasteiger partial charge in [0.1, 0.15) is 0 Å². The maximum atomic E-state index is 11.6. The maximum absolute atomic E-state index is 11.6. The van der Waals surface area contributed by atoms with Crippen molar-refractivity contribution in [2.45, 2.75) is 39.5 Å². The molecule has 24 heavy (non-hydrogen) atoms. The van der Waals surface area contributed by atoms with Crippen molar-refractivity contribution in [1.29, 1.82) is 0 Å². The maximum Gasteiger partial charge on any atom is 0.409 e. The predicted octanol–water partition coefficient (Wildman–Crippen LogP) is 3.84. The minimum atomic E-state index is -0.312. The molecule has 0 heterocycles. The molecule has 0 aliphatic rings. The molecule has 138 valence electrons. The minimum absolute atomic E-state index is 0.312. The molecule has 0 saturated carbocycles. The van der Waals surface area contributed by atoms with E-state index in [0.29, 0.717) is 26.2 Å². The summed E-state index contributed by atoms with van der Waals surface area (Å²) in [6.45, 7) is 6.55. The van der Waals surface area contributed by atoms with Gasteiger partial charge in [0, 0.05) is 26.2 Å². The first kappa shape index (κ1) is 22.0. The quantitative estimate of drug-likeness (QED) is 0.536. The summed E-state index contributed by atoms with van der Waals surface area (Å²) in [4.78, 5) is 26.6. The number of allylic oxidation sites excluding steroid dienone is 2. The van der Waals surface area contributed by atoms with Crippen molar-refractivity contribution in [3.8, 4) is 0 Å². The van der Waals surface area contributed by atoms with Crippen molar-refractivity contribution in [3.05, 3.63) is 24.3 Å². The molecular formula is C18H32N2O4. The molecule has 0 atom stereocenters. The van der Waals surface area contributed by atoms with Crippen molar-refractivity contribution < 1.29 is 19.1 Å². The van der Waals surface area contributed by atoms with Crippen LogP contribution in [-0.4, -0.2) is 62.4 Å². The molecule has 0 aromatic heterocycles. The molecule has 0 unspecified atom stereocenters. The van der Waals surface area contributed by atoms with Gasteiger partial charge in [-0.3, -0.25) is 0 Å². The number of hydrogen-bond acceptors (Lipinski definition) is 4. The highest BCUT2D eigenvalue weighted by Crippen LogP contribution is 2.00. The Hall–Kier alpha value is -1.98. The van der Waals surface area contributed by atoms with Crippen LogP contribution in [0.3, 0.4) is 0 Å². The monoisotopic (exact) mass is 340 g/mol. The fourth-order valence-corrected chi connectivity index (χ4v) is 2.00. The zero-order chi connectivity index (χ0) is 18.2. The van der Waals surface area contributed by atoms with Crippen molar-refractivity contribution in [1.82, 2.24) is 9.80 Å². The van der Waals surface area contributed by atoms with E-state index in [1.54, 1.807) is 9.80 Å². The largest absolute Gasteiger partial charge is 0.453 e. The Kier molecular flexibility index (Phi) is 13.4. The van der Waals surface area contributed by atoms with Crippen molar-refractivity contribution in [3.63, 3.8) is 0 Å². The van der Waals surface area contributed by atoms with Gasteiger partial charge in [-0.05, 0) is 12.8 Å². The van der Waals surface area contributed by atoms with Crippen LogP contribution in [-0.2, 0) is 9.47 Å².